The average Bonchev–Trinajstić information content (AvgIpc) is 3.31. The summed E-state index contributed by atoms with van der Waals surface area (Å²) in [5.74, 6) is 1.36. The molecule has 3 rings (SSSR count). The molecule has 0 saturated carbocycles. The summed E-state index contributed by atoms with van der Waals surface area (Å²) >= 11 is 0. The molecule has 2 aliphatic heterocycles. The summed E-state index contributed by atoms with van der Waals surface area (Å²) in [5, 5.41) is 6.07. The molecule has 174 valence electrons. The molecule has 0 bridgehead atoms. The number of amides is 1. The third-order valence-electron chi connectivity index (χ3n) is 5.96. The lowest BCUT2D eigenvalue weighted by atomic mass is 9.93. The number of sulfonamides is 1. The lowest BCUT2D eigenvalue weighted by Gasteiger charge is -2.34. The van der Waals surface area contributed by atoms with E-state index in [0.717, 1.165) is 50.3 Å². The molecule has 2 aliphatic rings. The number of halogens is 1. The molecule has 1 aromatic carbocycles. The van der Waals surface area contributed by atoms with Crippen molar-refractivity contribution in [2.75, 3.05) is 40.3 Å². The number of nitrogens with one attached hydrogen (secondary N) is 2. The van der Waals surface area contributed by atoms with Crippen LogP contribution in [0, 0.1) is 5.92 Å². The molecule has 0 unspecified atom stereocenters. The normalized spacial score (nSPS) is 18.5. The molecule has 2 fully saturated rings. The minimum absolute atomic E-state index is 0. The Kier molecular flexibility index (Phi) is 10.0. The van der Waals surface area contributed by atoms with Crippen molar-refractivity contribution in [2.45, 2.75) is 43.5 Å². The average molecular weight is 564 g/mol. The van der Waals surface area contributed by atoms with E-state index in [1.54, 1.807) is 30.5 Å². The Bertz CT molecular complexity index is 846. The first-order valence-electron chi connectivity index (χ1n) is 10.7. The highest BCUT2D eigenvalue weighted by Gasteiger charge is 2.27. The third-order valence-corrected chi connectivity index (χ3v) is 7.87. The maximum absolute atomic E-state index is 12.6. The van der Waals surface area contributed by atoms with Gasteiger partial charge < -0.3 is 15.5 Å². The lowest BCUT2D eigenvalue weighted by Crippen LogP contribution is -2.45. The number of nitrogens with zero attached hydrogens (tertiary/aromatic N) is 3. The van der Waals surface area contributed by atoms with Crippen LogP contribution in [-0.4, -0.2) is 69.8 Å². The van der Waals surface area contributed by atoms with Crippen LogP contribution in [0.3, 0.4) is 0 Å². The fraction of sp³-hybridized carbons (Fsp3) is 0.619. The molecule has 8 nitrogen and oxygen atoms in total. The summed E-state index contributed by atoms with van der Waals surface area (Å²) in [4.78, 5) is 18.5. The standard InChI is InChI=1S/C21H33N5O3S.HI/c1-22-20(27)15-17-9-13-25(14-10-17)21(23-2)24-16-18-5-7-19(8-6-18)30(28,29)26-11-3-4-12-26;/h5-8,17H,3-4,9-16H2,1-2H3,(H,22,27)(H,23,24);1H. The first kappa shape index (κ1) is 25.9. The maximum atomic E-state index is 12.6. The van der Waals surface area contributed by atoms with Crippen molar-refractivity contribution >= 4 is 45.9 Å². The fourth-order valence-corrected chi connectivity index (χ4v) is 5.60. The van der Waals surface area contributed by atoms with E-state index in [0.29, 0.717) is 36.9 Å². The van der Waals surface area contributed by atoms with Gasteiger partial charge in [-0.05, 0) is 49.3 Å². The van der Waals surface area contributed by atoms with E-state index in [4.69, 9.17) is 0 Å². The molecular weight excluding hydrogens is 529 g/mol. The molecule has 0 aromatic heterocycles. The molecule has 10 heteroatoms. The maximum Gasteiger partial charge on any atom is 0.243 e. The van der Waals surface area contributed by atoms with Crippen molar-refractivity contribution in [1.82, 2.24) is 19.8 Å². The topological polar surface area (TPSA) is 94.1 Å². The number of carbonyl (C=O) groups excluding carboxylic acids is 1. The Labute approximate surface area is 202 Å². The molecule has 1 aromatic rings. The van der Waals surface area contributed by atoms with Crippen LogP contribution in [0.25, 0.3) is 0 Å². The molecule has 2 heterocycles. The first-order chi connectivity index (χ1) is 14.4. The smallest absolute Gasteiger partial charge is 0.243 e. The molecule has 0 atom stereocenters. The SMILES string of the molecule is CN=C(NCc1ccc(S(=O)(=O)N2CCCC2)cc1)N1CCC(CC(=O)NC)CC1.I. The van der Waals surface area contributed by atoms with E-state index in [2.05, 4.69) is 20.5 Å². The number of benzene rings is 1. The van der Waals surface area contributed by atoms with Gasteiger partial charge in [0.2, 0.25) is 15.9 Å². The number of aliphatic imine (C=N–C) groups is 1. The van der Waals surface area contributed by atoms with E-state index in [1.165, 1.54) is 0 Å². The lowest BCUT2D eigenvalue weighted by molar-refractivity contribution is -0.121. The summed E-state index contributed by atoms with van der Waals surface area (Å²) in [6.45, 7) is 3.54. The van der Waals surface area contributed by atoms with Gasteiger partial charge in [0.25, 0.3) is 0 Å². The molecule has 0 spiro atoms. The van der Waals surface area contributed by atoms with Gasteiger partial charge in [-0.25, -0.2) is 8.42 Å². The second kappa shape index (κ2) is 12.0. The van der Waals surface area contributed by atoms with Crippen molar-refractivity contribution in [3.05, 3.63) is 29.8 Å². The van der Waals surface area contributed by atoms with Gasteiger partial charge >= 0.3 is 0 Å². The van der Waals surface area contributed by atoms with Crippen LogP contribution in [0.1, 0.15) is 37.7 Å². The van der Waals surface area contributed by atoms with Crippen LogP contribution in [0.15, 0.2) is 34.2 Å². The molecule has 0 aliphatic carbocycles. The molecule has 2 saturated heterocycles. The van der Waals surface area contributed by atoms with E-state index >= 15 is 0 Å². The quantitative estimate of drug-likeness (QED) is 0.314. The summed E-state index contributed by atoms with van der Waals surface area (Å²) in [5.41, 5.74) is 1.01. The van der Waals surface area contributed by atoms with Gasteiger partial charge in [-0.15, -0.1) is 24.0 Å². The number of hydrogen-bond acceptors (Lipinski definition) is 4. The van der Waals surface area contributed by atoms with Crippen molar-refractivity contribution in [1.29, 1.82) is 0 Å². The van der Waals surface area contributed by atoms with Gasteiger partial charge in [-0.1, -0.05) is 12.1 Å². The van der Waals surface area contributed by atoms with Crippen LogP contribution in [0.5, 0.6) is 0 Å². The zero-order valence-corrected chi connectivity index (χ0v) is 21.5. The van der Waals surface area contributed by atoms with Crippen LogP contribution in [0.2, 0.25) is 0 Å². The Morgan fingerprint density at radius 3 is 2.26 bits per heavy atom. The minimum Gasteiger partial charge on any atom is -0.359 e. The predicted octanol–water partition coefficient (Wildman–Crippen LogP) is 2.01. The highest BCUT2D eigenvalue weighted by atomic mass is 127. The zero-order chi connectivity index (χ0) is 21.6. The van der Waals surface area contributed by atoms with E-state index < -0.39 is 10.0 Å². The predicted molar refractivity (Wildman–Crippen MR) is 133 cm³/mol. The van der Waals surface area contributed by atoms with Gasteiger partial charge in [0, 0.05) is 53.2 Å². The number of rotatable bonds is 6. The molecular formula is C21H34IN5O3S. The highest BCUT2D eigenvalue weighted by Crippen LogP contribution is 2.22. The van der Waals surface area contributed by atoms with Gasteiger partial charge in [-0.3, -0.25) is 9.79 Å². The van der Waals surface area contributed by atoms with Gasteiger partial charge in [0.1, 0.15) is 0 Å². The van der Waals surface area contributed by atoms with Gasteiger partial charge in [-0.2, -0.15) is 4.31 Å². The number of piperidine rings is 1. The van der Waals surface area contributed by atoms with Crippen LogP contribution in [0.4, 0.5) is 0 Å². The van der Waals surface area contributed by atoms with Crippen LogP contribution in [-0.2, 0) is 21.4 Å². The van der Waals surface area contributed by atoms with E-state index in [-0.39, 0.29) is 29.9 Å². The zero-order valence-electron chi connectivity index (χ0n) is 18.3. The summed E-state index contributed by atoms with van der Waals surface area (Å²) in [6.07, 6.45) is 4.39. The molecule has 31 heavy (non-hydrogen) atoms. The van der Waals surface area contributed by atoms with Crippen molar-refractivity contribution in [3.63, 3.8) is 0 Å². The number of hydrogen-bond donors (Lipinski definition) is 2. The van der Waals surface area contributed by atoms with Crippen molar-refractivity contribution in [3.8, 4) is 0 Å². The number of carbonyl (C=O) groups is 1. The van der Waals surface area contributed by atoms with E-state index in [9.17, 15) is 13.2 Å². The number of likely N-dealkylation sites (tertiary alicyclic amines) is 1. The third kappa shape index (κ3) is 6.79. The monoisotopic (exact) mass is 563 g/mol. The molecule has 2 N–H and O–H groups in total. The Balaban J connectivity index is 0.00000341. The van der Waals surface area contributed by atoms with Crippen LogP contribution < -0.4 is 10.6 Å². The van der Waals surface area contributed by atoms with Gasteiger partial charge in [0.05, 0.1) is 4.90 Å². The highest BCUT2D eigenvalue weighted by molar-refractivity contribution is 14.0. The molecule has 0 radical (unpaired) electrons. The minimum atomic E-state index is -3.37. The largest absolute Gasteiger partial charge is 0.359 e. The summed E-state index contributed by atoms with van der Waals surface area (Å²) in [7, 11) is 0.0747. The summed E-state index contributed by atoms with van der Waals surface area (Å²) < 4.78 is 26.8. The summed E-state index contributed by atoms with van der Waals surface area (Å²) in [6, 6.07) is 7.10. The Morgan fingerprint density at radius 1 is 1.10 bits per heavy atom. The Morgan fingerprint density at radius 2 is 1.71 bits per heavy atom. The van der Waals surface area contributed by atoms with Gasteiger partial charge in [0.15, 0.2) is 5.96 Å². The van der Waals surface area contributed by atoms with Crippen molar-refractivity contribution in [2.24, 2.45) is 10.9 Å². The number of guanidine groups is 1. The fourth-order valence-electron chi connectivity index (χ4n) is 4.08. The Hall–Kier alpha value is -1.40. The first-order valence-corrected chi connectivity index (χ1v) is 12.1. The van der Waals surface area contributed by atoms with Crippen LogP contribution >= 0.6 is 24.0 Å². The molecule has 1 amide bonds. The second-order valence-electron chi connectivity index (χ2n) is 7.96. The second-order valence-corrected chi connectivity index (χ2v) is 9.90. The van der Waals surface area contributed by atoms with E-state index in [1.807, 2.05) is 12.1 Å². The van der Waals surface area contributed by atoms with Crippen molar-refractivity contribution < 1.29 is 13.2 Å².